The van der Waals surface area contributed by atoms with Gasteiger partial charge in [-0.3, -0.25) is 4.98 Å². The molecule has 3 N–H and O–H groups in total. The van der Waals surface area contributed by atoms with Gasteiger partial charge in [-0.25, -0.2) is 4.79 Å². The van der Waals surface area contributed by atoms with Crippen molar-refractivity contribution in [1.82, 2.24) is 15.6 Å². The minimum Gasteiger partial charge on any atom is -0.391 e. The third-order valence-electron chi connectivity index (χ3n) is 3.60. The van der Waals surface area contributed by atoms with Crippen LogP contribution in [0.1, 0.15) is 44.2 Å². The molecule has 5 nitrogen and oxygen atoms in total. The first-order valence-corrected chi connectivity index (χ1v) is 6.82. The number of hydrogen-bond donors (Lipinski definition) is 3. The first-order chi connectivity index (χ1) is 9.16. The first-order valence-electron chi connectivity index (χ1n) is 6.82. The molecule has 0 spiro atoms. The van der Waals surface area contributed by atoms with E-state index in [1.807, 2.05) is 19.1 Å². The number of aromatic nitrogens is 1. The van der Waals surface area contributed by atoms with Crippen molar-refractivity contribution < 1.29 is 9.90 Å². The van der Waals surface area contributed by atoms with E-state index in [0.29, 0.717) is 0 Å². The van der Waals surface area contributed by atoms with Crippen molar-refractivity contribution in [3.63, 3.8) is 0 Å². The lowest BCUT2D eigenvalue weighted by Gasteiger charge is -2.29. The maximum absolute atomic E-state index is 11.9. The summed E-state index contributed by atoms with van der Waals surface area (Å²) in [7, 11) is 0. The molecule has 0 aromatic carbocycles. The van der Waals surface area contributed by atoms with E-state index in [0.717, 1.165) is 31.2 Å². The molecule has 0 radical (unpaired) electrons. The molecular formula is C14H21N3O2. The number of rotatable bonds is 3. The van der Waals surface area contributed by atoms with Crippen molar-refractivity contribution in [2.45, 2.75) is 50.8 Å². The smallest absolute Gasteiger partial charge is 0.315 e. The minimum absolute atomic E-state index is 0.0799. The average Bonchev–Trinajstić information content (AvgIpc) is 2.42. The first kappa shape index (κ1) is 13.8. The molecule has 1 aliphatic rings. The number of nitrogens with zero attached hydrogens (tertiary/aromatic N) is 1. The minimum atomic E-state index is -0.421. The predicted molar refractivity (Wildman–Crippen MR) is 72.6 cm³/mol. The van der Waals surface area contributed by atoms with Crippen molar-refractivity contribution in [2.75, 3.05) is 0 Å². The molecule has 1 aromatic heterocycles. The van der Waals surface area contributed by atoms with Crippen LogP contribution < -0.4 is 10.6 Å². The van der Waals surface area contributed by atoms with E-state index in [-0.39, 0.29) is 18.1 Å². The molecule has 3 atom stereocenters. The summed E-state index contributed by atoms with van der Waals surface area (Å²) < 4.78 is 0. The number of urea groups is 1. The summed E-state index contributed by atoms with van der Waals surface area (Å²) >= 11 is 0. The number of aliphatic hydroxyl groups is 1. The Kier molecular flexibility index (Phi) is 4.74. The van der Waals surface area contributed by atoms with Gasteiger partial charge in [0, 0.05) is 12.4 Å². The maximum atomic E-state index is 11.9. The van der Waals surface area contributed by atoms with Gasteiger partial charge in [0.2, 0.25) is 0 Å². The standard InChI is InChI=1S/C14H21N3O2/c1-10(11-6-8-15-9-7-11)16-14(19)17-12-4-2-3-5-13(12)18/h6-10,12-13,18H,2-5H2,1H3,(H2,16,17,19). The molecule has 104 valence electrons. The number of aliphatic hydroxyl groups excluding tert-OH is 1. The summed E-state index contributed by atoms with van der Waals surface area (Å²) in [6, 6.07) is 3.32. The monoisotopic (exact) mass is 263 g/mol. The Morgan fingerprint density at radius 2 is 2.05 bits per heavy atom. The normalized spacial score (nSPS) is 24.5. The number of nitrogens with one attached hydrogen (secondary N) is 2. The summed E-state index contributed by atoms with van der Waals surface area (Å²) in [4.78, 5) is 15.8. The van der Waals surface area contributed by atoms with E-state index >= 15 is 0 Å². The second kappa shape index (κ2) is 6.52. The van der Waals surface area contributed by atoms with Gasteiger partial charge in [-0.15, -0.1) is 0 Å². The molecule has 0 saturated heterocycles. The van der Waals surface area contributed by atoms with Gasteiger partial charge in [-0.2, -0.15) is 0 Å². The van der Waals surface area contributed by atoms with Gasteiger partial charge in [0.15, 0.2) is 0 Å². The Hall–Kier alpha value is -1.62. The van der Waals surface area contributed by atoms with E-state index in [9.17, 15) is 9.90 Å². The number of amides is 2. The van der Waals surface area contributed by atoms with E-state index in [2.05, 4.69) is 15.6 Å². The fraction of sp³-hybridized carbons (Fsp3) is 0.571. The highest BCUT2D eigenvalue weighted by Gasteiger charge is 2.24. The van der Waals surface area contributed by atoms with Gasteiger partial charge in [-0.1, -0.05) is 12.8 Å². The Morgan fingerprint density at radius 1 is 1.37 bits per heavy atom. The molecule has 0 bridgehead atoms. The van der Waals surface area contributed by atoms with Crippen LogP contribution in [0, 0.1) is 0 Å². The quantitative estimate of drug-likeness (QED) is 0.777. The zero-order valence-corrected chi connectivity index (χ0v) is 11.2. The second-order valence-electron chi connectivity index (χ2n) is 5.08. The van der Waals surface area contributed by atoms with Crippen LogP contribution in [0.15, 0.2) is 24.5 Å². The summed E-state index contributed by atoms with van der Waals surface area (Å²) in [5, 5.41) is 15.5. The zero-order valence-electron chi connectivity index (χ0n) is 11.2. The molecule has 1 saturated carbocycles. The molecule has 1 heterocycles. The van der Waals surface area contributed by atoms with Crippen LogP contribution in [0.5, 0.6) is 0 Å². The van der Waals surface area contributed by atoms with Crippen LogP contribution in [0.2, 0.25) is 0 Å². The molecule has 2 amide bonds. The van der Waals surface area contributed by atoms with Crippen LogP contribution in [-0.2, 0) is 0 Å². The zero-order chi connectivity index (χ0) is 13.7. The predicted octanol–water partition coefficient (Wildman–Crippen LogP) is 1.75. The third kappa shape index (κ3) is 3.92. The molecule has 19 heavy (non-hydrogen) atoms. The molecule has 1 aromatic rings. The third-order valence-corrected chi connectivity index (χ3v) is 3.60. The SMILES string of the molecule is CC(NC(=O)NC1CCCCC1O)c1ccncc1. The van der Waals surface area contributed by atoms with Gasteiger partial charge in [-0.05, 0) is 37.5 Å². The van der Waals surface area contributed by atoms with Crippen molar-refractivity contribution in [3.05, 3.63) is 30.1 Å². The van der Waals surface area contributed by atoms with Crippen LogP contribution in [0.3, 0.4) is 0 Å². The average molecular weight is 263 g/mol. The number of carbonyl (C=O) groups is 1. The molecule has 5 heteroatoms. The van der Waals surface area contributed by atoms with Crippen LogP contribution in [0.25, 0.3) is 0 Å². The molecule has 2 rings (SSSR count). The number of pyridine rings is 1. The highest BCUT2D eigenvalue weighted by molar-refractivity contribution is 5.74. The maximum Gasteiger partial charge on any atom is 0.315 e. The fourth-order valence-corrected chi connectivity index (χ4v) is 2.42. The Bertz CT molecular complexity index is 410. The molecular weight excluding hydrogens is 242 g/mol. The summed E-state index contributed by atoms with van der Waals surface area (Å²) in [6.07, 6.45) is 6.70. The number of hydrogen-bond acceptors (Lipinski definition) is 3. The highest BCUT2D eigenvalue weighted by atomic mass is 16.3. The van der Waals surface area contributed by atoms with E-state index in [1.54, 1.807) is 12.4 Å². The molecule has 1 aliphatic carbocycles. The van der Waals surface area contributed by atoms with Crippen LogP contribution >= 0.6 is 0 Å². The molecule has 0 aliphatic heterocycles. The van der Waals surface area contributed by atoms with E-state index in [4.69, 9.17) is 0 Å². The van der Waals surface area contributed by atoms with Crippen molar-refractivity contribution in [1.29, 1.82) is 0 Å². The Labute approximate surface area is 113 Å². The van der Waals surface area contributed by atoms with Gasteiger partial charge < -0.3 is 15.7 Å². The van der Waals surface area contributed by atoms with E-state index in [1.165, 1.54) is 0 Å². The Morgan fingerprint density at radius 3 is 2.74 bits per heavy atom. The molecule has 1 fully saturated rings. The topological polar surface area (TPSA) is 74.2 Å². The largest absolute Gasteiger partial charge is 0.391 e. The Balaban J connectivity index is 1.84. The fourth-order valence-electron chi connectivity index (χ4n) is 2.42. The lowest BCUT2D eigenvalue weighted by molar-refractivity contribution is 0.0941. The lowest BCUT2D eigenvalue weighted by Crippen LogP contribution is -2.49. The summed E-state index contributed by atoms with van der Waals surface area (Å²) in [6.45, 7) is 1.92. The van der Waals surface area contributed by atoms with Gasteiger partial charge in [0.25, 0.3) is 0 Å². The number of carbonyl (C=O) groups excluding carboxylic acids is 1. The molecule has 3 unspecified atom stereocenters. The second-order valence-corrected chi connectivity index (χ2v) is 5.08. The van der Waals surface area contributed by atoms with Crippen LogP contribution in [0.4, 0.5) is 4.79 Å². The van der Waals surface area contributed by atoms with Gasteiger partial charge in [0.05, 0.1) is 18.2 Å². The lowest BCUT2D eigenvalue weighted by atomic mass is 9.93. The van der Waals surface area contributed by atoms with Crippen molar-refractivity contribution in [3.8, 4) is 0 Å². The van der Waals surface area contributed by atoms with Crippen molar-refractivity contribution >= 4 is 6.03 Å². The highest BCUT2D eigenvalue weighted by Crippen LogP contribution is 2.18. The van der Waals surface area contributed by atoms with E-state index < -0.39 is 6.10 Å². The van der Waals surface area contributed by atoms with Crippen LogP contribution in [-0.4, -0.2) is 28.3 Å². The summed E-state index contributed by atoms with van der Waals surface area (Å²) in [5.74, 6) is 0. The van der Waals surface area contributed by atoms with Crippen molar-refractivity contribution in [2.24, 2.45) is 0 Å². The summed E-state index contributed by atoms with van der Waals surface area (Å²) in [5.41, 5.74) is 1.01. The van der Waals surface area contributed by atoms with Gasteiger partial charge >= 0.3 is 6.03 Å². The van der Waals surface area contributed by atoms with Gasteiger partial charge in [0.1, 0.15) is 0 Å².